The van der Waals surface area contributed by atoms with E-state index < -0.39 is 0 Å². The van der Waals surface area contributed by atoms with Crippen molar-refractivity contribution in [3.05, 3.63) is 72.3 Å². The predicted octanol–water partition coefficient (Wildman–Crippen LogP) is 4.10. The second-order valence-corrected chi connectivity index (χ2v) is 4.15. The maximum atomic E-state index is 5.82. The van der Waals surface area contributed by atoms with Gasteiger partial charge in [0.1, 0.15) is 0 Å². The first-order chi connectivity index (χ1) is 8.78. The Labute approximate surface area is 108 Å². The van der Waals surface area contributed by atoms with Gasteiger partial charge in [-0.05, 0) is 33.9 Å². The molecule has 0 saturated heterocycles. The Hall–Kier alpha value is -2.12. The molecule has 0 amide bonds. The topological polar surface area (TPSA) is 26.0 Å². The standard InChI is InChI=1S/C17H17N/c1-3-13-5-8-15(9-6-13)17-10-7-14(4-2)11-16(17)12-18/h3-11H,1-2,12,18H2. The summed E-state index contributed by atoms with van der Waals surface area (Å²) in [6.07, 6.45) is 3.68. The van der Waals surface area contributed by atoms with Crippen LogP contribution >= 0.6 is 0 Å². The van der Waals surface area contributed by atoms with E-state index in [9.17, 15) is 0 Å². The molecule has 0 unspecified atom stereocenters. The van der Waals surface area contributed by atoms with Crippen LogP contribution in [0.15, 0.2) is 55.6 Å². The third-order valence-electron chi connectivity index (χ3n) is 3.04. The first-order valence-corrected chi connectivity index (χ1v) is 5.97. The maximum absolute atomic E-state index is 5.82. The zero-order chi connectivity index (χ0) is 13.0. The van der Waals surface area contributed by atoms with E-state index in [2.05, 4.69) is 55.6 Å². The molecule has 2 rings (SSSR count). The first-order valence-electron chi connectivity index (χ1n) is 5.97. The molecule has 1 heteroatoms. The van der Waals surface area contributed by atoms with E-state index in [1.165, 1.54) is 11.1 Å². The van der Waals surface area contributed by atoms with Crippen LogP contribution in [0.25, 0.3) is 23.3 Å². The second kappa shape index (κ2) is 5.48. The largest absolute Gasteiger partial charge is 0.326 e. The number of hydrogen-bond donors (Lipinski definition) is 1. The molecule has 2 N–H and O–H groups in total. The summed E-state index contributed by atoms with van der Waals surface area (Å²) in [7, 11) is 0. The van der Waals surface area contributed by atoms with Gasteiger partial charge in [-0.1, -0.05) is 61.7 Å². The molecule has 0 radical (unpaired) electrons. The van der Waals surface area contributed by atoms with Gasteiger partial charge in [-0.3, -0.25) is 0 Å². The average Bonchev–Trinajstić information content (AvgIpc) is 2.46. The summed E-state index contributed by atoms with van der Waals surface area (Å²) in [6, 6.07) is 14.6. The van der Waals surface area contributed by atoms with Crippen LogP contribution < -0.4 is 5.73 Å². The van der Waals surface area contributed by atoms with Crippen LogP contribution in [0.2, 0.25) is 0 Å². The summed E-state index contributed by atoms with van der Waals surface area (Å²) in [5.41, 5.74) is 11.5. The quantitative estimate of drug-likeness (QED) is 0.848. The fourth-order valence-corrected chi connectivity index (χ4v) is 1.99. The van der Waals surface area contributed by atoms with Gasteiger partial charge in [-0.2, -0.15) is 0 Å². The van der Waals surface area contributed by atoms with Gasteiger partial charge in [0.15, 0.2) is 0 Å². The van der Waals surface area contributed by atoms with E-state index in [0.717, 1.165) is 16.7 Å². The maximum Gasteiger partial charge on any atom is 0.0184 e. The summed E-state index contributed by atoms with van der Waals surface area (Å²) in [4.78, 5) is 0. The molecule has 0 spiro atoms. The minimum Gasteiger partial charge on any atom is -0.326 e. The Morgan fingerprint density at radius 2 is 1.50 bits per heavy atom. The fraction of sp³-hybridized carbons (Fsp3) is 0.0588. The van der Waals surface area contributed by atoms with Crippen LogP contribution in [0.4, 0.5) is 0 Å². The second-order valence-electron chi connectivity index (χ2n) is 4.15. The van der Waals surface area contributed by atoms with Crippen LogP contribution in [0.1, 0.15) is 16.7 Å². The van der Waals surface area contributed by atoms with E-state index in [1.54, 1.807) is 0 Å². The summed E-state index contributed by atoms with van der Waals surface area (Å²) in [5, 5.41) is 0. The van der Waals surface area contributed by atoms with Crippen molar-refractivity contribution in [3.8, 4) is 11.1 Å². The molecule has 2 aromatic rings. The Kier molecular flexibility index (Phi) is 3.75. The highest BCUT2D eigenvalue weighted by molar-refractivity contribution is 5.70. The van der Waals surface area contributed by atoms with Gasteiger partial charge in [0.2, 0.25) is 0 Å². The third-order valence-corrected chi connectivity index (χ3v) is 3.04. The smallest absolute Gasteiger partial charge is 0.0184 e. The number of rotatable bonds is 4. The van der Waals surface area contributed by atoms with E-state index in [0.29, 0.717) is 6.54 Å². The van der Waals surface area contributed by atoms with Crippen molar-refractivity contribution < 1.29 is 0 Å². The van der Waals surface area contributed by atoms with Crippen molar-refractivity contribution in [2.45, 2.75) is 6.54 Å². The zero-order valence-electron chi connectivity index (χ0n) is 10.4. The molecule has 0 fully saturated rings. The van der Waals surface area contributed by atoms with Crippen LogP contribution in [0.3, 0.4) is 0 Å². The molecule has 0 bridgehead atoms. The van der Waals surface area contributed by atoms with Crippen LogP contribution in [0.5, 0.6) is 0 Å². The van der Waals surface area contributed by atoms with Crippen LogP contribution in [-0.4, -0.2) is 0 Å². The summed E-state index contributed by atoms with van der Waals surface area (Å²) in [6.45, 7) is 8.07. The van der Waals surface area contributed by atoms with Gasteiger partial charge >= 0.3 is 0 Å². The number of hydrogen-bond acceptors (Lipinski definition) is 1. The molecule has 0 aliphatic carbocycles. The SMILES string of the molecule is C=Cc1ccc(-c2ccc(C=C)cc2CN)cc1. The van der Waals surface area contributed by atoms with Crippen LogP contribution in [0, 0.1) is 0 Å². The number of nitrogens with two attached hydrogens (primary N) is 1. The zero-order valence-corrected chi connectivity index (χ0v) is 10.4. The molecular weight excluding hydrogens is 218 g/mol. The van der Waals surface area contributed by atoms with Crippen molar-refractivity contribution >= 4 is 12.2 Å². The van der Waals surface area contributed by atoms with Gasteiger partial charge in [-0.15, -0.1) is 0 Å². The van der Waals surface area contributed by atoms with Gasteiger partial charge in [0.05, 0.1) is 0 Å². The minimum atomic E-state index is 0.528. The lowest BCUT2D eigenvalue weighted by Gasteiger charge is -2.09. The normalized spacial score (nSPS) is 10.1. The molecule has 18 heavy (non-hydrogen) atoms. The lowest BCUT2D eigenvalue weighted by atomic mass is 9.96. The fourth-order valence-electron chi connectivity index (χ4n) is 1.99. The van der Waals surface area contributed by atoms with E-state index >= 15 is 0 Å². The van der Waals surface area contributed by atoms with Gasteiger partial charge < -0.3 is 5.73 Å². The Bertz CT molecular complexity index is 565. The van der Waals surface area contributed by atoms with E-state index in [4.69, 9.17) is 5.73 Å². The highest BCUT2D eigenvalue weighted by Gasteiger charge is 2.04. The predicted molar refractivity (Wildman–Crippen MR) is 80.0 cm³/mol. The van der Waals surface area contributed by atoms with Crippen molar-refractivity contribution in [1.82, 2.24) is 0 Å². The Morgan fingerprint density at radius 1 is 0.889 bits per heavy atom. The highest BCUT2D eigenvalue weighted by atomic mass is 14.5. The summed E-state index contributed by atoms with van der Waals surface area (Å²) >= 11 is 0. The molecule has 0 heterocycles. The first kappa shape index (κ1) is 12.3. The molecule has 2 aromatic carbocycles. The average molecular weight is 235 g/mol. The lowest BCUT2D eigenvalue weighted by Crippen LogP contribution is -1.99. The molecule has 0 aliphatic rings. The highest BCUT2D eigenvalue weighted by Crippen LogP contribution is 2.25. The van der Waals surface area contributed by atoms with Gasteiger partial charge in [-0.25, -0.2) is 0 Å². The van der Waals surface area contributed by atoms with E-state index in [-0.39, 0.29) is 0 Å². The van der Waals surface area contributed by atoms with Crippen molar-refractivity contribution in [3.63, 3.8) is 0 Å². The lowest BCUT2D eigenvalue weighted by molar-refractivity contribution is 1.07. The summed E-state index contributed by atoms with van der Waals surface area (Å²) in [5.74, 6) is 0. The third kappa shape index (κ3) is 2.41. The summed E-state index contributed by atoms with van der Waals surface area (Å²) < 4.78 is 0. The Balaban J connectivity index is 2.48. The molecule has 0 atom stereocenters. The van der Waals surface area contributed by atoms with Crippen molar-refractivity contribution in [1.29, 1.82) is 0 Å². The van der Waals surface area contributed by atoms with Gasteiger partial charge in [0, 0.05) is 6.54 Å². The van der Waals surface area contributed by atoms with Gasteiger partial charge in [0.25, 0.3) is 0 Å². The molecule has 0 aliphatic heterocycles. The monoisotopic (exact) mass is 235 g/mol. The van der Waals surface area contributed by atoms with Crippen molar-refractivity contribution in [2.75, 3.05) is 0 Å². The Morgan fingerprint density at radius 3 is 2.06 bits per heavy atom. The molecule has 0 aromatic heterocycles. The minimum absolute atomic E-state index is 0.528. The van der Waals surface area contributed by atoms with E-state index in [1.807, 2.05) is 12.2 Å². The molecular formula is C17H17N. The van der Waals surface area contributed by atoms with Crippen LogP contribution in [-0.2, 0) is 6.54 Å². The molecule has 1 nitrogen and oxygen atoms in total. The number of benzene rings is 2. The van der Waals surface area contributed by atoms with Crippen molar-refractivity contribution in [2.24, 2.45) is 5.73 Å². The molecule has 0 saturated carbocycles. The molecule has 90 valence electrons.